The van der Waals surface area contributed by atoms with Crippen molar-refractivity contribution in [3.05, 3.63) is 29.8 Å². The van der Waals surface area contributed by atoms with Gasteiger partial charge in [-0.3, -0.25) is 10.1 Å². The van der Waals surface area contributed by atoms with E-state index in [2.05, 4.69) is 15.5 Å². The van der Waals surface area contributed by atoms with E-state index in [0.29, 0.717) is 17.3 Å². The summed E-state index contributed by atoms with van der Waals surface area (Å²) in [6.07, 6.45) is 0. The van der Waals surface area contributed by atoms with Gasteiger partial charge in [-0.15, -0.1) is 10.2 Å². The average molecular weight is 309 g/mol. The number of carbonyl (C=O) groups excluding carboxylic acids is 1. The highest BCUT2D eigenvalue weighted by Gasteiger charge is 2.10. The third kappa shape index (κ3) is 3.94. The molecule has 1 aromatic heterocycles. The number of aromatic nitrogens is 2. The summed E-state index contributed by atoms with van der Waals surface area (Å²) in [5.74, 6) is 1.49. The van der Waals surface area contributed by atoms with E-state index < -0.39 is 0 Å². The van der Waals surface area contributed by atoms with Gasteiger partial charge in [0.1, 0.15) is 5.75 Å². The van der Waals surface area contributed by atoms with Gasteiger partial charge in [0.05, 0.1) is 6.61 Å². The predicted octanol–water partition coefficient (Wildman–Crippen LogP) is 3.30. The summed E-state index contributed by atoms with van der Waals surface area (Å²) in [6.45, 7) is 4.57. The van der Waals surface area contributed by atoms with Crippen molar-refractivity contribution >= 4 is 34.1 Å². The Balaban J connectivity index is 1.99. The highest BCUT2D eigenvalue weighted by atomic mass is 32.2. The Morgan fingerprint density at radius 2 is 2.05 bits per heavy atom. The second-order valence-corrected chi connectivity index (χ2v) is 6.21. The van der Waals surface area contributed by atoms with Gasteiger partial charge in [-0.1, -0.05) is 30.0 Å². The number of ether oxygens (including phenoxy) is 1. The molecule has 0 spiro atoms. The van der Waals surface area contributed by atoms with E-state index in [-0.39, 0.29) is 5.91 Å². The maximum Gasteiger partial charge on any atom is 0.257 e. The zero-order chi connectivity index (χ0) is 14.4. The molecule has 1 amide bonds. The van der Waals surface area contributed by atoms with Gasteiger partial charge in [0, 0.05) is 5.56 Å². The number of amides is 1. The Morgan fingerprint density at radius 3 is 2.70 bits per heavy atom. The lowest BCUT2D eigenvalue weighted by Gasteiger charge is -2.04. The molecule has 0 aliphatic carbocycles. The van der Waals surface area contributed by atoms with Crippen LogP contribution in [0.4, 0.5) is 5.13 Å². The lowest BCUT2D eigenvalue weighted by molar-refractivity contribution is 0.102. The normalized spacial score (nSPS) is 10.3. The predicted molar refractivity (Wildman–Crippen MR) is 81.9 cm³/mol. The minimum atomic E-state index is -0.197. The zero-order valence-corrected chi connectivity index (χ0v) is 12.9. The second-order valence-electron chi connectivity index (χ2n) is 3.72. The van der Waals surface area contributed by atoms with E-state index in [1.807, 2.05) is 13.8 Å². The Labute approximate surface area is 125 Å². The van der Waals surface area contributed by atoms with Crippen molar-refractivity contribution < 1.29 is 9.53 Å². The van der Waals surface area contributed by atoms with Gasteiger partial charge in [0.15, 0.2) is 4.34 Å². The number of thioether (sulfide) groups is 1. The summed E-state index contributed by atoms with van der Waals surface area (Å²) >= 11 is 2.98. The fourth-order valence-corrected chi connectivity index (χ4v) is 3.12. The van der Waals surface area contributed by atoms with Gasteiger partial charge in [-0.2, -0.15) is 0 Å². The lowest BCUT2D eigenvalue weighted by atomic mass is 10.2. The Bertz CT molecular complexity index is 569. The Kier molecular flexibility index (Phi) is 5.37. The fraction of sp³-hybridized carbons (Fsp3) is 0.308. The quantitative estimate of drug-likeness (QED) is 0.655. The van der Waals surface area contributed by atoms with E-state index in [1.54, 1.807) is 36.0 Å². The maximum absolute atomic E-state index is 12.0. The number of anilines is 1. The van der Waals surface area contributed by atoms with Crippen LogP contribution >= 0.6 is 23.1 Å². The molecular formula is C13H15N3O2S2. The van der Waals surface area contributed by atoms with Crippen LogP contribution in [0.1, 0.15) is 24.2 Å². The summed E-state index contributed by atoms with van der Waals surface area (Å²) in [4.78, 5) is 12.0. The van der Waals surface area contributed by atoms with Gasteiger partial charge < -0.3 is 4.74 Å². The fourth-order valence-electron chi connectivity index (χ4n) is 1.48. The van der Waals surface area contributed by atoms with Crippen molar-refractivity contribution in [1.29, 1.82) is 0 Å². The third-order valence-corrected chi connectivity index (χ3v) is 4.18. The number of nitrogens with one attached hydrogen (secondary N) is 1. The smallest absolute Gasteiger partial charge is 0.257 e. The second kappa shape index (κ2) is 7.25. The van der Waals surface area contributed by atoms with Gasteiger partial charge in [-0.25, -0.2) is 0 Å². The number of rotatable bonds is 6. The van der Waals surface area contributed by atoms with E-state index in [9.17, 15) is 4.79 Å². The number of carbonyl (C=O) groups is 1. The van der Waals surface area contributed by atoms with Gasteiger partial charge in [-0.05, 0) is 36.9 Å². The first-order valence-corrected chi connectivity index (χ1v) is 8.03. The van der Waals surface area contributed by atoms with Crippen LogP contribution in [-0.4, -0.2) is 28.5 Å². The maximum atomic E-state index is 12.0. The van der Waals surface area contributed by atoms with Crippen molar-refractivity contribution in [1.82, 2.24) is 10.2 Å². The standard InChI is InChI=1S/C13H15N3O2S2/c1-3-18-10-7-5-9(6-8-10)11(17)14-12-15-16-13(20-12)19-4-2/h5-8H,3-4H2,1-2H3,(H,14,15,17). The van der Waals surface area contributed by atoms with Crippen molar-refractivity contribution in [2.24, 2.45) is 0 Å². The summed E-state index contributed by atoms with van der Waals surface area (Å²) < 4.78 is 6.19. The molecule has 1 N–H and O–H groups in total. The van der Waals surface area contributed by atoms with Crippen LogP contribution in [0.3, 0.4) is 0 Å². The number of nitrogens with zero attached hydrogens (tertiary/aromatic N) is 2. The minimum Gasteiger partial charge on any atom is -0.494 e. The molecule has 2 rings (SSSR count). The molecule has 0 radical (unpaired) electrons. The summed E-state index contributed by atoms with van der Waals surface area (Å²) in [6, 6.07) is 7.00. The monoisotopic (exact) mass is 309 g/mol. The molecule has 5 nitrogen and oxygen atoms in total. The zero-order valence-electron chi connectivity index (χ0n) is 11.3. The Hall–Kier alpha value is -1.60. The molecule has 0 bridgehead atoms. The molecule has 0 unspecified atom stereocenters. The lowest BCUT2D eigenvalue weighted by Crippen LogP contribution is -2.11. The van der Waals surface area contributed by atoms with Gasteiger partial charge in [0.2, 0.25) is 5.13 Å². The SMILES string of the molecule is CCOc1ccc(C(=O)Nc2nnc(SCC)s2)cc1. The van der Waals surface area contributed by atoms with Crippen LogP contribution in [0.2, 0.25) is 0 Å². The highest BCUT2D eigenvalue weighted by Crippen LogP contribution is 2.25. The van der Waals surface area contributed by atoms with Crippen LogP contribution in [0.25, 0.3) is 0 Å². The molecule has 0 saturated carbocycles. The molecule has 20 heavy (non-hydrogen) atoms. The van der Waals surface area contributed by atoms with Crippen molar-refractivity contribution in [2.75, 3.05) is 17.7 Å². The van der Waals surface area contributed by atoms with Crippen molar-refractivity contribution in [3.63, 3.8) is 0 Å². The van der Waals surface area contributed by atoms with Crippen LogP contribution < -0.4 is 10.1 Å². The number of hydrogen-bond donors (Lipinski definition) is 1. The highest BCUT2D eigenvalue weighted by molar-refractivity contribution is 8.01. The topological polar surface area (TPSA) is 64.1 Å². The van der Waals surface area contributed by atoms with Crippen LogP contribution in [0, 0.1) is 0 Å². The molecule has 0 fully saturated rings. The molecule has 1 heterocycles. The molecular weight excluding hydrogens is 294 g/mol. The van der Waals surface area contributed by atoms with Crippen molar-refractivity contribution in [2.45, 2.75) is 18.2 Å². The van der Waals surface area contributed by atoms with E-state index in [1.165, 1.54) is 11.3 Å². The van der Waals surface area contributed by atoms with Crippen LogP contribution in [0.5, 0.6) is 5.75 Å². The van der Waals surface area contributed by atoms with Gasteiger partial charge in [0.25, 0.3) is 5.91 Å². The van der Waals surface area contributed by atoms with E-state index in [4.69, 9.17) is 4.74 Å². The largest absolute Gasteiger partial charge is 0.494 e. The van der Waals surface area contributed by atoms with E-state index in [0.717, 1.165) is 15.8 Å². The van der Waals surface area contributed by atoms with E-state index >= 15 is 0 Å². The summed E-state index contributed by atoms with van der Waals surface area (Å²) in [5, 5.41) is 11.2. The summed E-state index contributed by atoms with van der Waals surface area (Å²) in [7, 11) is 0. The molecule has 2 aromatic rings. The van der Waals surface area contributed by atoms with Crippen molar-refractivity contribution in [3.8, 4) is 5.75 Å². The molecule has 0 saturated heterocycles. The molecule has 0 atom stereocenters. The molecule has 0 aliphatic rings. The number of hydrogen-bond acceptors (Lipinski definition) is 6. The molecule has 1 aromatic carbocycles. The van der Waals surface area contributed by atoms with Gasteiger partial charge >= 0.3 is 0 Å². The first kappa shape index (κ1) is 14.8. The molecule has 106 valence electrons. The van der Waals surface area contributed by atoms with Crippen LogP contribution in [0.15, 0.2) is 28.6 Å². The summed E-state index contributed by atoms with van der Waals surface area (Å²) in [5.41, 5.74) is 0.563. The van der Waals surface area contributed by atoms with Crippen LogP contribution in [-0.2, 0) is 0 Å². The third-order valence-electron chi connectivity index (χ3n) is 2.32. The first-order valence-electron chi connectivity index (χ1n) is 6.23. The minimum absolute atomic E-state index is 0.197. The molecule has 7 heteroatoms. The first-order chi connectivity index (χ1) is 9.72. The average Bonchev–Trinajstić information content (AvgIpc) is 2.88. The number of benzene rings is 1. The molecule has 0 aliphatic heterocycles. The Morgan fingerprint density at radius 1 is 1.30 bits per heavy atom.